The second-order valence-corrected chi connectivity index (χ2v) is 7.42. The zero-order chi connectivity index (χ0) is 17.2. The molecule has 23 heavy (non-hydrogen) atoms. The van der Waals surface area contributed by atoms with E-state index in [1.807, 2.05) is 0 Å². The van der Waals surface area contributed by atoms with E-state index >= 15 is 0 Å². The number of halogens is 1. The molecule has 0 saturated carbocycles. The van der Waals surface area contributed by atoms with Gasteiger partial charge in [-0.15, -0.1) is 0 Å². The van der Waals surface area contributed by atoms with Gasteiger partial charge in [-0.2, -0.15) is 0 Å². The van der Waals surface area contributed by atoms with E-state index in [2.05, 4.69) is 5.32 Å². The summed E-state index contributed by atoms with van der Waals surface area (Å²) in [5, 5.41) is 13.8. The second kappa shape index (κ2) is 6.53. The number of nitrogens with one attached hydrogen (secondary N) is 1. The Morgan fingerprint density at radius 1 is 1.17 bits per heavy atom. The molecule has 0 aliphatic heterocycles. The predicted octanol–water partition coefficient (Wildman–Crippen LogP) is 3.24. The summed E-state index contributed by atoms with van der Waals surface area (Å²) in [7, 11) is -0.655. The third-order valence-electron chi connectivity index (χ3n) is 3.06. The molecule has 0 spiro atoms. The highest BCUT2D eigenvalue weighted by molar-refractivity contribution is 7.89. The van der Waals surface area contributed by atoms with Gasteiger partial charge in [0.15, 0.2) is 0 Å². The van der Waals surface area contributed by atoms with Crippen LogP contribution in [0, 0.1) is 10.1 Å². The van der Waals surface area contributed by atoms with E-state index in [0.29, 0.717) is 11.4 Å². The van der Waals surface area contributed by atoms with Crippen LogP contribution in [0.1, 0.15) is 0 Å². The number of benzene rings is 2. The van der Waals surface area contributed by atoms with Crippen molar-refractivity contribution in [1.29, 1.82) is 0 Å². The number of sulfonamides is 1. The van der Waals surface area contributed by atoms with Gasteiger partial charge in [-0.05, 0) is 24.3 Å². The first-order chi connectivity index (χ1) is 10.7. The van der Waals surface area contributed by atoms with E-state index in [-0.39, 0.29) is 15.6 Å². The molecule has 0 radical (unpaired) electrons. The molecule has 0 saturated heterocycles. The summed E-state index contributed by atoms with van der Waals surface area (Å²) in [4.78, 5) is 10.3. The molecule has 2 aromatic carbocycles. The average Bonchev–Trinajstić information content (AvgIpc) is 2.49. The summed E-state index contributed by atoms with van der Waals surface area (Å²) < 4.78 is 25.4. The van der Waals surface area contributed by atoms with Crippen LogP contribution < -0.4 is 5.32 Å². The predicted molar refractivity (Wildman–Crippen MR) is 88.7 cm³/mol. The van der Waals surface area contributed by atoms with Gasteiger partial charge in [0, 0.05) is 31.9 Å². The highest BCUT2D eigenvalue weighted by Crippen LogP contribution is 2.30. The zero-order valence-electron chi connectivity index (χ0n) is 12.4. The van der Waals surface area contributed by atoms with Gasteiger partial charge in [0.1, 0.15) is 0 Å². The summed E-state index contributed by atoms with van der Waals surface area (Å²) >= 11 is 6.01. The van der Waals surface area contributed by atoms with Gasteiger partial charge >= 0.3 is 0 Å². The molecule has 0 bridgehead atoms. The lowest BCUT2D eigenvalue weighted by Gasteiger charge is -2.13. The van der Waals surface area contributed by atoms with Crippen LogP contribution in [0.3, 0.4) is 0 Å². The molecule has 2 aromatic rings. The molecule has 7 nitrogen and oxygen atoms in total. The quantitative estimate of drug-likeness (QED) is 0.656. The Morgan fingerprint density at radius 2 is 1.87 bits per heavy atom. The van der Waals surface area contributed by atoms with Crippen molar-refractivity contribution >= 4 is 38.7 Å². The molecule has 122 valence electrons. The maximum Gasteiger partial charge on any atom is 0.271 e. The Labute approximate surface area is 138 Å². The lowest BCUT2D eigenvalue weighted by molar-refractivity contribution is -0.384. The maximum absolute atomic E-state index is 12.1. The van der Waals surface area contributed by atoms with Crippen molar-refractivity contribution < 1.29 is 13.3 Å². The maximum atomic E-state index is 12.1. The number of nitro benzene ring substituents is 1. The molecule has 9 heteroatoms. The Balaban J connectivity index is 2.33. The van der Waals surface area contributed by atoms with Crippen LogP contribution in [0.2, 0.25) is 5.02 Å². The number of hydrogen-bond acceptors (Lipinski definition) is 5. The number of anilines is 2. The normalized spacial score (nSPS) is 11.5. The number of rotatable bonds is 5. The zero-order valence-corrected chi connectivity index (χ0v) is 13.9. The van der Waals surface area contributed by atoms with Gasteiger partial charge in [0.25, 0.3) is 5.69 Å². The number of hydrogen-bond donors (Lipinski definition) is 1. The third kappa shape index (κ3) is 3.79. The van der Waals surface area contributed by atoms with E-state index in [4.69, 9.17) is 11.6 Å². The van der Waals surface area contributed by atoms with Gasteiger partial charge in [-0.1, -0.05) is 17.7 Å². The molecular weight excluding hydrogens is 342 g/mol. The summed E-state index contributed by atoms with van der Waals surface area (Å²) in [5.41, 5.74) is 0.824. The topological polar surface area (TPSA) is 92.6 Å². The molecule has 0 atom stereocenters. The highest BCUT2D eigenvalue weighted by atomic mass is 35.5. The average molecular weight is 356 g/mol. The van der Waals surface area contributed by atoms with Crippen LogP contribution in [-0.4, -0.2) is 31.7 Å². The number of nitrogens with zero attached hydrogens (tertiary/aromatic N) is 2. The van der Waals surface area contributed by atoms with E-state index in [1.54, 1.807) is 12.1 Å². The van der Waals surface area contributed by atoms with Crippen LogP contribution in [0.4, 0.5) is 17.1 Å². The van der Waals surface area contributed by atoms with Gasteiger partial charge < -0.3 is 5.32 Å². The molecule has 0 fully saturated rings. The van der Waals surface area contributed by atoms with Crippen molar-refractivity contribution in [3.63, 3.8) is 0 Å². The molecule has 0 unspecified atom stereocenters. The molecule has 2 rings (SSSR count). The van der Waals surface area contributed by atoms with Gasteiger partial charge in [-0.25, -0.2) is 12.7 Å². The first kappa shape index (κ1) is 17.2. The highest BCUT2D eigenvalue weighted by Gasteiger charge is 2.17. The Kier molecular flexibility index (Phi) is 4.88. The van der Waals surface area contributed by atoms with Gasteiger partial charge in [-0.3, -0.25) is 10.1 Å². The van der Waals surface area contributed by atoms with E-state index < -0.39 is 14.9 Å². The molecule has 0 aliphatic rings. The first-order valence-electron chi connectivity index (χ1n) is 6.45. The number of nitro groups is 1. The lowest BCUT2D eigenvalue weighted by Crippen LogP contribution is -2.22. The molecule has 0 heterocycles. The van der Waals surface area contributed by atoms with Crippen LogP contribution in [-0.2, 0) is 10.0 Å². The summed E-state index contributed by atoms with van der Waals surface area (Å²) in [6.45, 7) is 0. The monoisotopic (exact) mass is 355 g/mol. The Morgan fingerprint density at radius 3 is 2.43 bits per heavy atom. The van der Waals surface area contributed by atoms with Crippen LogP contribution >= 0.6 is 11.6 Å². The molecule has 0 amide bonds. The largest absolute Gasteiger partial charge is 0.354 e. The van der Waals surface area contributed by atoms with Gasteiger partial charge in [0.05, 0.1) is 20.5 Å². The minimum absolute atomic E-state index is 0.121. The minimum Gasteiger partial charge on any atom is -0.354 e. The molecular formula is C14H14ClN3O4S. The fourth-order valence-corrected chi connectivity index (χ4v) is 2.99. The van der Waals surface area contributed by atoms with E-state index in [1.165, 1.54) is 44.4 Å². The van der Waals surface area contributed by atoms with Crippen molar-refractivity contribution in [2.24, 2.45) is 0 Å². The molecule has 0 aliphatic carbocycles. The standard InChI is InChI=1S/C14H14ClN3O4S/c1-17(2)23(21,22)12-5-3-4-10(8-12)16-14-7-6-11(18(19)20)9-13(14)15/h3-9,16H,1-2H3. The van der Waals surface area contributed by atoms with Crippen molar-refractivity contribution in [2.45, 2.75) is 4.90 Å². The van der Waals surface area contributed by atoms with Crippen molar-refractivity contribution in [1.82, 2.24) is 4.31 Å². The van der Waals surface area contributed by atoms with Crippen LogP contribution in [0.15, 0.2) is 47.4 Å². The SMILES string of the molecule is CN(C)S(=O)(=O)c1cccc(Nc2ccc([N+](=O)[O-])cc2Cl)c1. The minimum atomic E-state index is -3.55. The van der Waals surface area contributed by atoms with Crippen molar-refractivity contribution in [3.05, 3.63) is 57.6 Å². The third-order valence-corrected chi connectivity index (χ3v) is 5.18. The van der Waals surface area contributed by atoms with Crippen LogP contribution in [0.5, 0.6) is 0 Å². The smallest absolute Gasteiger partial charge is 0.271 e. The summed E-state index contributed by atoms with van der Waals surface area (Å²) in [6.07, 6.45) is 0. The fraction of sp³-hybridized carbons (Fsp3) is 0.143. The van der Waals surface area contributed by atoms with E-state index in [0.717, 1.165) is 4.31 Å². The van der Waals surface area contributed by atoms with Gasteiger partial charge in [0.2, 0.25) is 10.0 Å². The van der Waals surface area contributed by atoms with Crippen molar-refractivity contribution in [3.8, 4) is 0 Å². The summed E-state index contributed by atoms with van der Waals surface area (Å²) in [5.74, 6) is 0. The Hall–Kier alpha value is -2.16. The first-order valence-corrected chi connectivity index (χ1v) is 8.27. The Bertz CT molecular complexity index is 853. The molecule has 1 N–H and O–H groups in total. The van der Waals surface area contributed by atoms with Crippen molar-refractivity contribution in [2.75, 3.05) is 19.4 Å². The van der Waals surface area contributed by atoms with Crippen LogP contribution in [0.25, 0.3) is 0 Å². The number of non-ortho nitro benzene ring substituents is 1. The second-order valence-electron chi connectivity index (χ2n) is 4.86. The summed E-state index contributed by atoms with van der Waals surface area (Å²) in [6, 6.07) is 10.2. The lowest BCUT2D eigenvalue weighted by atomic mass is 10.2. The molecule has 0 aromatic heterocycles. The fourth-order valence-electron chi connectivity index (χ4n) is 1.82. The van der Waals surface area contributed by atoms with E-state index in [9.17, 15) is 18.5 Å².